The zero-order valence-corrected chi connectivity index (χ0v) is 20.8. The Bertz CT molecular complexity index is 1240. The lowest BCUT2D eigenvalue weighted by Crippen LogP contribution is -2.42. The van der Waals surface area contributed by atoms with E-state index in [4.69, 9.17) is 23.8 Å². The maximum atomic E-state index is 7.04. The van der Waals surface area contributed by atoms with Gasteiger partial charge in [0.25, 0.3) is 0 Å². The number of likely N-dealkylation sites (N-methyl/N-ethyl adjacent to an activating group) is 1. The van der Waals surface area contributed by atoms with E-state index in [-0.39, 0.29) is 17.6 Å². The van der Waals surface area contributed by atoms with Gasteiger partial charge in [-0.25, -0.2) is 0 Å². The summed E-state index contributed by atoms with van der Waals surface area (Å²) in [6.07, 6.45) is 4.14. The van der Waals surface area contributed by atoms with Gasteiger partial charge in [-0.05, 0) is 80.5 Å². The minimum atomic E-state index is -0.138. The van der Waals surface area contributed by atoms with E-state index < -0.39 is 0 Å². The molecular weight excluding hydrogens is 448 g/mol. The highest BCUT2D eigenvalue weighted by atomic mass is 35.5. The van der Waals surface area contributed by atoms with Crippen LogP contribution in [-0.2, 0) is 0 Å². The Morgan fingerprint density at radius 3 is 2.48 bits per heavy atom. The van der Waals surface area contributed by atoms with Crippen molar-refractivity contribution in [2.45, 2.75) is 38.4 Å². The highest BCUT2D eigenvalue weighted by molar-refractivity contribution is 7.80. The van der Waals surface area contributed by atoms with Crippen LogP contribution < -0.4 is 15.1 Å². The van der Waals surface area contributed by atoms with Crippen molar-refractivity contribution in [3.05, 3.63) is 94.8 Å². The van der Waals surface area contributed by atoms with Gasteiger partial charge in [0, 0.05) is 35.2 Å². The number of halogens is 1. The first kappa shape index (κ1) is 21.9. The number of pyridine rings is 1. The van der Waals surface area contributed by atoms with Crippen LogP contribution in [0.2, 0.25) is 5.02 Å². The molecule has 5 rings (SSSR count). The average molecular weight is 475 g/mol. The summed E-state index contributed by atoms with van der Waals surface area (Å²) < 4.78 is 0. The monoisotopic (exact) mass is 474 g/mol. The molecule has 0 saturated carbocycles. The lowest BCUT2D eigenvalue weighted by molar-refractivity contribution is 0.567. The van der Waals surface area contributed by atoms with Crippen molar-refractivity contribution in [1.82, 2.24) is 10.3 Å². The number of nitrogens with zero attached hydrogens (tertiary/aromatic N) is 3. The molecule has 1 aromatic heterocycles. The number of allylic oxidation sites excluding steroid dienone is 1. The van der Waals surface area contributed by atoms with Crippen LogP contribution in [0.25, 0.3) is 5.57 Å². The summed E-state index contributed by atoms with van der Waals surface area (Å²) in [6, 6.07) is 20.3. The van der Waals surface area contributed by atoms with Gasteiger partial charge < -0.3 is 15.1 Å². The lowest BCUT2D eigenvalue weighted by Gasteiger charge is -2.41. The highest BCUT2D eigenvalue weighted by Gasteiger charge is 2.42. The van der Waals surface area contributed by atoms with Crippen molar-refractivity contribution in [3.63, 3.8) is 0 Å². The smallest absolute Gasteiger partial charge is 0.174 e. The summed E-state index contributed by atoms with van der Waals surface area (Å²) in [5.74, 6) is 0. The zero-order chi connectivity index (χ0) is 23.3. The first-order valence-corrected chi connectivity index (χ1v) is 11.9. The SMILES string of the molecule is CC1=CC(C)(C)N(C)c2cc(Cl)c(C3C(c4ccccn4)NC(=S)N3c3ccccc3)cc21. The number of anilines is 2. The quantitative estimate of drug-likeness (QED) is 0.435. The Morgan fingerprint density at radius 1 is 1.06 bits per heavy atom. The van der Waals surface area contributed by atoms with Gasteiger partial charge >= 0.3 is 0 Å². The van der Waals surface area contributed by atoms with E-state index in [9.17, 15) is 0 Å². The Labute approximate surface area is 205 Å². The van der Waals surface area contributed by atoms with Gasteiger partial charge in [0.15, 0.2) is 5.11 Å². The molecule has 33 heavy (non-hydrogen) atoms. The molecule has 168 valence electrons. The number of nitrogens with one attached hydrogen (secondary N) is 1. The number of hydrogen-bond donors (Lipinski definition) is 1. The molecule has 1 N–H and O–H groups in total. The second-order valence-electron chi connectivity index (χ2n) is 9.26. The van der Waals surface area contributed by atoms with Crippen molar-refractivity contribution in [3.8, 4) is 0 Å². The topological polar surface area (TPSA) is 31.4 Å². The van der Waals surface area contributed by atoms with Gasteiger partial charge in [0.2, 0.25) is 0 Å². The molecule has 0 spiro atoms. The van der Waals surface area contributed by atoms with E-state index in [1.54, 1.807) is 0 Å². The number of thiocarbonyl (C=S) groups is 1. The van der Waals surface area contributed by atoms with Crippen molar-refractivity contribution in [2.24, 2.45) is 0 Å². The largest absolute Gasteiger partial charge is 0.365 e. The standard InChI is InChI=1S/C27H27ClN4S/c1-17-16-27(2,3)31(4)23-15-21(28)20(14-19(17)23)25-24(22-12-8-9-13-29-22)30-26(33)32(25)18-10-6-5-7-11-18/h5-16,24-25H,1-4H3,(H,30,33). The summed E-state index contributed by atoms with van der Waals surface area (Å²) in [5, 5.41) is 4.91. The Kier molecular flexibility index (Phi) is 5.42. The molecule has 2 aromatic carbocycles. The lowest BCUT2D eigenvalue weighted by atomic mass is 9.86. The summed E-state index contributed by atoms with van der Waals surface area (Å²) in [4.78, 5) is 9.10. The first-order valence-electron chi connectivity index (χ1n) is 11.1. The maximum Gasteiger partial charge on any atom is 0.174 e. The van der Waals surface area contributed by atoms with Crippen LogP contribution in [0, 0.1) is 0 Å². The molecule has 2 unspecified atom stereocenters. The number of fused-ring (bicyclic) bond motifs is 1. The van der Waals surface area contributed by atoms with Crippen molar-refractivity contribution < 1.29 is 0 Å². The van der Waals surface area contributed by atoms with Crippen LogP contribution in [0.4, 0.5) is 11.4 Å². The molecule has 3 heterocycles. The summed E-state index contributed by atoms with van der Waals surface area (Å²) >= 11 is 12.9. The summed E-state index contributed by atoms with van der Waals surface area (Å²) in [7, 11) is 2.12. The van der Waals surface area contributed by atoms with Gasteiger partial charge in [0.05, 0.1) is 23.3 Å². The fourth-order valence-corrected chi connectivity index (χ4v) is 5.57. The average Bonchev–Trinajstić information content (AvgIpc) is 3.15. The van der Waals surface area contributed by atoms with E-state index in [0.29, 0.717) is 5.11 Å². The Hall–Kier alpha value is -2.89. The first-order chi connectivity index (χ1) is 15.8. The minimum Gasteiger partial charge on any atom is -0.365 e. The Morgan fingerprint density at radius 2 is 1.79 bits per heavy atom. The predicted molar refractivity (Wildman–Crippen MR) is 142 cm³/mol. The minimum absolute atomic E-state index is 0.0784. The molecule has 3 aromatic rings. The van der Waals surface area contributed by atoms with Gasteiger partial charge in [-0.3, -0.25) is 4.98 Å². The van der Waals surface area contributed by atoms with Gasteiger partial charge in [-0.1, -0.05) is 41.9 Å². The van der Waals surface area contributed by atoms with Crippen molar-refractivity contribution in [1.29, 1.82) is 0 Å². The van der Waals surface area contributed by atoms with Gasteiger partial charge in [0.1, 0.15) is 0 Å². The van der Waals surface area contributed by atoms with Crippen LogP contribution in [0.1, 0.15) is 49.7 Å². The van der Waals surface area contributed by atoms with E-state index in [0.717, 1.165) is 27.7 Å². The molecule has 0 radical (unpaired) electrons. The maximum absolute atomic E-state index is 7.04. The molecule has 2 aliphatic heterocycles. The number of rotatable bonds is 3. The normalized spacial score (nSPS) is 21.5. The third kappa shape index (κ3) is 3.69. The fourth-order valence-electron chi connectivity index (χ4n) is 4.95. The van der Waals surface area contributed by atoms with E-state index in [1.807, 2.05) is 42.6 Å². The third-order valence-corrected chi connectivity index (χ3v) is 7.43. The molecule has 0 aliphatic carbocycles. The van der Waals surface area contributed by atoms with Crippen LogP contribution in [0.15, 0.2) is 72.9 Å². The van der Waals surface area contributed by atoms with E-state index in [1.165, 1.54) is 11.1 Å². The number of aromatic nitrogens is 1. The molecule has 0 bridgehead atoms. The highest BCUT2D eigenvalue weighted by Crippen LogP contribution is 2.47. The molecule has 6 heteroatoms. The summed E-state index contributed by atoms with van der Waals surface area (Å²) in [6.45, 7) is 6.61. The Balaban J connectivity index is 1.70. The van der Waals surface area contributed by atoms with Gasteiger partial charge in [-0.15, -0.1) is 0 Å². The van der Waals surface area contributed by atoms with Crippen LogP contribution >= 0.6 is 23.8 Å². The van der Waals surface area contributed by atoms with Crippen LogP contribution in [0.3, 0.4) is 0 Å². The molecular formula is C27H27ClN4S. The second-order valence-corrected chi connectivity index (χ2v) is 10.1. The van der Waals surface area contributed by atoms with Crippen molar-refractivity contribution >= 4 is 45.9 Å². The summed E-state index contributed by atoms with van der Waals surface area (Å²) in [5.41, 5.74) is 6.50. The van der Waals surface area contributed by atoms with Crippen LogP contribution in [-0.4, -0.2) is 22.7 Å². The van der Waals surface area contributed by atoms with Gasteiger partial charge in [-0.2, -0.15) is 0 Å². The molecule has 2 atom stereocenters. The fraction of sp³-hybridized carbons (Fsp3) is 0.259. The van der Waals surface area contributed by atoms with E-state index in [2.05, 4.69) is 78.3 Å². The molecule has 2 aliphatic rings. The molecule has 1 fully saturated rings. The zero-order valence-electron chi connectivity index (χ0n) is 19.2. The van der Waals surface area contributed by atoms with Crippen LogP contribution in [0.5, 0.6) is 0 Å². The molecule has 0 amide bonds. The number of hydrogen-bond acceptors (Lipinski definition) is 3. The third-order valence-electron chi connectivity index (χ3n) is 6.79. The van der Waals surface area contributed by atoms with Crippen molar-refractivity contribution in [2.75, 3.05) is 16.8 Å². The number of para-hydroxylation sites is 1. The molecule has 1 saturated heterocycles. The predicted octanol–water partition coefficient (Wildman–Crippen LogP) is 6.54. The molecule has 4 nitrogen and oxygen atoms in total. The van der Waals surface area contributed by atoms with E-state index >= 15 is 0 Å². The second kappa shape index (κ2) is 8.15. The number of benzene rings is 2.